The number of aryl methyl sites for hydroxylation is 1. The lowest BCUT2D eigenvalue weighted by Gasteiger charge is -1.90. The molecule has 4 nitrogen and oxygen atoms in total. The van der Waals surface area contributed by atoms with Crippen molar-refractivity contribution in [2.75, 3.05) is 7.05 Å². The lowest BCUT2D eigenvalue weighted by molar-refractivity contribution is 0.0959. The van der Waals surface area contributed by atoms with Crippen molar-refractivity contribution >= 4 is 22.2 Å². The molecule has 0 aromatic carbocycles. The van der Waals surface area contributed by atoms with Crippen LogP contribution in [-0.2, 0) is 0 Å². The first-order valence-corrected chi connectivity index (χ1v) is 4.69. The Bertz CT molecular complexity index is 425. The maximum atomic E-state index is 11.2. The van der Waals surface area contributed by atoms with Crippen LogP contribution >= 0.6 is 11.3 Å². The number of hydrogen-bond donors (Lipinski definition) is 1. The Morgan fingerprint density at radius 3 is 3.00 bits per heavy atom. The molecule has 0 spiro atoms. The molecule has 0 atom stereocenters. The number of nitrogens with one attached hydrogen (secondary N) is 1. The summed E-state index contributed by atoms with van der Waals surface area (Å²) in [6.45, 7) is 2.01. The van der Waals surface area contributed by atoms with Crippen LogP contribution in [-0.4, -0.2) is 22.3 Å². The molecule has 0 aliphatic carbocycles. The van der Waals surface area contributed by atoms with Crippen LogP contribution in [0.1, 0.15) is 15.4 Å². The van der Waals surface area contributed by atoms with Crippen molar-refractivity contribution in [2.45, 2.75) is 6.92 Å². The van der Waals surface area contributed by atoms with Gasteiger partial charge in [0.15, 0.2) is 4.96 Å². The minimum Gasteiger partial charge on any atom is -0.354 e. The first-order chi connectivity index (χ1) is 6.20. The van der Waals surface area contributed by atoms with Crippen molar-refractivity contribution in [3.63, 3.8) is 0 Å². The van der Waals surface area contributed by atoms with Gasteiger partial charge in [0.05, 0.1) is 0 Å². The Kier molecular flexibility index (Phi) is 1.81. The average Bonchev–Trinajstić information content (AvgIpc) is 2.59. The van der Waals surface area contributed by atoms with Crippen molar-refractivity contribution < 1.29 is 4.79 Å². The van der Waals surface area contributed by atoms with Gasteiger partial charge in [0.25, 0.3) is 5.91 Å². The molecular weight excluding hydrogens is 186 g/mol. The minimum absolute atomic E-state index is 0.145. The molecule has 0 fully saturated rings. The highest BCUT2D eigenvalue weighted by Crippen LogP contribution is 2.16. The molecule has 2 rings (SSSR count). The number of carbonyl (C=O) groups is 1. The molecule has 0 bridgehead atoms. The van der Waals surface area contributed by atoms with E-state index in [1.807, 2.05) is 17.5 Å². The fraction of sp³-hybridized carbons (Fsp3) is 0.250. The summed E-state index contributed by atoms with van der Waals surface area (Å²) in [5.74, 6) is -0.145. The zero-order valence-electron chi connectivity index (χ0n) is 7.37. The van der Waals surface area contributed by atoms with Crippen LogP contribution in [0.25, 0.3) is 4.96 Å². The van der Waals surface area contributed by atoms with E-state index in [1.54, 1.807) is 24.6 Å². The number of amides is 1. The number of thiazole rings is 1. The minimum atomic E-state index is -0.145. The number of hydrogen-bond acceptors (Lipinski definition) is 3. The monoisotopic (exact) mass is 195 g/mol. The van der Waals surface area contributed by atoms with Crippen LogP contribution in [0.15, 0.2) is 12.4 Å². The van der Waals surface area contributed by atoms with Gasteiger partial charge in [0.1, 0.15) is 5.69 Å². The van der Waals surface area contributed by atoms with E-state index in [-0.39, 0.29) is 5.91 Å². The van der Waals surface area contributed by atoms with Crippen molar-refractivity contribution in [1.82, 2.24) is 14.7 Å². The Hall–Kier alpha value is -1.36. The van der Waals surface area contributed by atoms with E-state index in [0.717, 1.165) is 4.96 Å². The third-order valence-corrected chi connectivity index (χ3v) is 2.64. The fourth-order valence-electron chi connectivity index (χ4n) is 1.15. The van der Waals surface area contributed by atoms with E-state index in [4.69, 9.17) is 0 Å². The predicted molar refractivity (Wildman–Crippen MR) is 51.2 cm³/mol. The molecule has 0 aliphatic heterocycles. The molecule has 5 heteroatoms. The van der Waals surface area contributed by atoms with Crippen LogP contribution < -0.4 is 5.32 Å². The SMILES string of the molecule is CNC(=O)c1cn2cc(C)sc2n1. The molecule has 1 amide bonds. The zero-order chi connectivity index (χ0) is 9.42. The second-order valence-corrected chi connectivity index (χ2v) is 3.95. The summed E-state index contributed by atoms with van der Waals surface area (Å²) in [4.78, 5) is 17.4. The van der Waals surface area contributed by atoms with Gasteiger partial charge >= 0.3 is 0 Å². The third kappa shape index (κ3) is 1.31. The Morgan fingerprint density at radius 1 is 1.62 bits per heavy atom. The molecule has 0 saturated heterocycles. The maximum Gasteiger partial charge on any atom is 0.271 e. The Morgan fingerprint density at radius 2 is 2.38 bits per heavy atom. The van der Waals surface area contributed by atoms with Crippen LogP contribution in [0, 0.1) is 6.92 Å². The van der Waals surface area contributed by atoms with Gasteiger partial charge in [0, 0.05) is 24.3 Å². The van der Waals surface area contributed by atoms with E-state index < -0.39 is 0 Å². The summed E-state index contributed by atoms with van der Waals surface area (Å²) in [6.07, 6.45) is 3.69. The highest BCUT2D eigenvalue weighted by atomic mass is 32.1. The van der Waals surface area contributed by atoms with Gasteiger partial charge in [-0.2, -0.15) is 0 Å². The quantitative estimate of drug-likeness (QED) is 0.739. The number of carbonyl (C=O) groups excluding carboxylic acids is 1. The summed E-state index contributed by atoms with van der Waals surface area (Å²) >= 11 is 1.57. The van der Waals surface area contributed by atoms with Crippen molar-refractivity contribution in [2.24, 2.45) is 0 Å². The molecule has 68 valence electrons. The first-order valence-electron chi connectivity index (χ1n) is 3.88. The lowest BCUT2D eigenvalue weighted by Crippen LogP contribution is -2.17. The van der Waals surface area contributed by atoms with E-state index in [9.17, 15) is 4.79 Å². The average molecular weight is 195 g/mol. The summed E-state index contributed by atoms with van der Waals surface area (Å²) in [6, 6.07) is 0. The van der Waals surface area contributed by atoms with E-state index >= 15 is 0 Å². The van der Waals surface area contributed by atoms with Crippen molar-refractivity contribution in [3.05, 3.63) is 23.0 Å². The highest BCUT2D eigenvalue weighted by molar-refractivity contribution is 7.16. The smallest absolute Gasteiger partial charge is 0.271 e. The zero-order valence-corrected chi connectivity index (χ0v) is 8.18. The first kappa shape index (κ1) is 8.25. The van der Waals surface area contributed by atoms with Crippen LogP contribution in [0.4, 0.5) is 0 Å². The fourth-order valence-corrected chi connectivity index (χ4v) is 1.96. The molecule has 0 radical (unpaired) electrons. The molecule has 0 saturated carbocycles. The topological polar surface area (TPSA) is 46.4 Å². The van der Waals surface area contributed by atoms with Gasteiger partial charge in [-0.1, -0.05) is 0 Å². The van der Waals surface area contributed by atoms with Gasteiger partial charge < -0.3 is 5.32 Å². The van der Waals surface area contributed by atoms with Gasteiger partial charge in [-0.15, -0.1) is 11.3 Å². The van der Waals surface area contributed by atoms with Gasteiger partial charge in [-0.3, -0.25) is 9.20 Å². The summed E-state index contributed by atoms with van der Waals surface area (Å²) in [5.41, 5.74) is 0.466. The van der Waals surface area contributed by atoms with Gasteiger partial charge in [0.2, 0.25) is 0 Å². The van der Waals surface area contributed by atoms with Crippen molar-refractivity contribution in [3.8, 4) is 0 Å². The summed E-state index contributed by atoms with van der Waals surface area (Å²) < 4.78 is 1.87. The third-order valence-electron chi connectivity index (χ3n) is 1.73. The highest BCUT2D eigenvalue weighted by Gasteiger charge is 2.09. The number of fused-ring (bicyclic) bond motifs is 1. The second kappa shape index (κ2) is 2.85. The summed E-state index contributed by atoms with van der Waals surface area (Å²) in [7, 11) is 1.60. The molecule has 1 N–H and O–H groups in total. The standard InChI is InChI=1S/C8H9N3OS/c1-5-3-11-4-6(7(12)9-2)10-8(11)13-5/h3-4H,1-2H3,(H,9,12). The lowest BCUT2D eigenvalue weighted by atomic mass is 10.4. The second-order valence-electron chi connectivity index (χ2n) is 2.74. The molecular formula is C8H9N3OS. The number of rotatable bonds is 1. The summed E-state index contributed by atoms with van der Waals surface area (Å²) in [5, 5.41) is 2.54. The number of imidazole rings is 1. The molecule has 0 aliphatic rings. The molecule has 2 aromatic heterocycles. The Labute approximate surface area is 79.2 Å². The molecule has 2 aromatic rings. The molecule has 13 heavy (non-hydrogen) atoms. The molecule has 0 unspecified atom stereocenters. The van der Waals surface area contributed by atoms with E-state index in [2.05, 4.69) is 10.3 Å². The Balaban J connectivity index is 2.51. The predicted octanol–water partition coefficient (Wildman–Crippen LogP) is 1.06. The number of nitrogens with zero attached hydrogens (tertiary/aromatic N) is 2. The van der Waals surface area contributed by atoms with E-state index in [1.165, 1.54) is 4.88 Å². The van der Waals surface area contributed by atoms with E-state index in [0.29, 0.717) is 5.69 Å². The number of aromatic nitrogens is 2. The van der Waals surface area contributed by atoms with Gasteiger partial charge in [-0.05, 0) is 6.92 Å². The largest absolute Gasteiger partial charge is 0.354 e. The normalized spacial score (nSPS) is 10.6. The maximum absolute atomic E-state index is 11.2. The van der Waals surface area contributed by atoms with Gasteiger partial charge in [-0.25, -0.2) is 4.98 Å². The molecule has 2 heterocycles. The van der Waals surface area contributed by atoms with Crippen LogP contribution in [0.2, 0.25) is 0 Å². The van der Waals surface area contributed by atoms with Crippen molar-refractivity contribution in [1.29, 1.82) is 0 Å². The van der Waals surface area contributed by atoms with Crippen LogP contribution in [0.3, 0.4) is 0 Å². The van der Waals surface area contributed by atoms with Crippen LogP contribution in [0.5, 0.6) is 0 Å².